The maximum atomic E-state index is 11.9. The van der Waals surface area contributed by atoms with Crippen molar-refractivity contribution in [3.8, 4) is 0 Å². The van der Waals surface area contributed by atoms with E-state index in [9.17, 15) is 9.59 Å². The van der Waals surface area contributed by atoms with Crippen molar-refractivity contribution in [1.29, 1.82) is 0 Å². The number of nitrogens with one attached hydrogen (secondary N) is 1. The predicted octanol–water partition coefficient (Wildman–Crippen LogP) is -0.0480. The molecule has 0 fully saturated rings. The van der Waals surface area contributed by atoms with Crippen molar-refractivity contribution in [2.45, 2.75) is 25.8 Å². The van der Waals surface area contributed by atoms with Crippen LogP contribution >= 0.6 is 0 Å². The number of fused-ring (bicyclic) bond motifs is 1. The topological polar surface area (TPSA) is 89.8 Å². The highest BCUT2D eigenvalue weighted by Gasteiger charge is 2.14. The van der Waals surface area contributed by atoms with Crippen molar-refractivity contribution in [2.75, 3.05) is 6.54 Å². The Hall–Kier alpha value is -2.57. The Morgan fingerprint density at radius 3 is 3.05 bits per heavy atom. The van der Waals surface area contributed by atoms with Gasteiger partial charge >= 0.3 is 0 Å². The zero-order valence-electron chi connectivity index (χ0n) is 11.5. The molecule has 2 heterocycles. The van der Waals surface area contributed by atoms with Crippen LogP contribution in [0.5, 0.6) is 0 Å². The van der Waals surface area contributed by atoms with Crippen molar-refractivity contribution in [2.24, 2.45) is 0 Å². The van der Waals surface area contributed by atoms with E-state index in [0.717, 1.165) is 30.5 Å². The number of amides is 1. The Labute approximate surface area is 121 Å². The van der Waals surface area contributed by atoms with Crippen LogP contribution in [-0.2, 0) is 19.4 Å². The lowest BCUT2D eigenvalue weighted by molar-refractivity contribution is 0.0946. The standard InChI is InChI=1S/C14H15N5O2/c20-13-8-10-2-1-3-11(10)18-19(13)7-6-17-14(21)12-9-15-4-5-16-12/h4-5,8-9H,1-3,6-7H2,(H,17,21). The number of nitrogens with zero attached hydrogens (tertiary/aromatic N) is 4. The third-order valence-electron chi connectivity index (χ3n) is 3.43. The molecule has 0 aromatic carbocycles. The number of hydrogen-bond donors (Lipinski definition) is 1. The van der Waals surface area contributed by atoms with Gasteiger partial charge in [-0.05, 0) is 24.8 Å². The Morgan fingerprint density at radius 2 is 2.24 bits per heavy atom. The molecule has 1 amide bonds. The second kappa shape index (κ2) is 5.82. The van der Waals surface area contributed by atoms with Crippen LogP contribution in [0.1, 0.15) is 28.2 Å². The molecular weight excluding hydrogens is 270 g/mol. The first kappa shape index (κ1) is 13.4. The summed E-state index contributed by atoms with van der Waals surface area (Å²) in [5.41, 5.74) is 2.19. The molecule has 21 heavy (non-hydrogen) atoms. The predicted molar refractivity (Wildman–Crippen MR) is 74.9 cm³/mol. The van der Waals surface area contributed by atoms with Gasteiger partial charge in [-0.1, -0.05) is 0 Å². The molecule has 1 N–H and O–H groups in total. The summed E-state index contributed by atoms with van der Waals surface area (Å²) < 4.78 is 1.40. The highest BCUT2D eigenvalue weighted by molar-refractivity contribution is 5.91. The van der Waals surface area contributed by atoms with E-state index >= 15 is 0 Å². The van der Waals surface area contributed by atoms with E-state index in [-0.39, 0.29) is 17.2 Å². The molecule has 0 radical (unpaired) electrons. The molecule has 3 rings (SSSR count). The van der Waals surface area contributed by atoms with Gasteiger partial charge in [-0.2, -0.15) is 5.10 Å². The van der Waals surface area contributed by atoms with Crippen LogP contribution in [0.4, 0.5) is 0 Å². The fraction of sp³-hybridized carbons (Fsp3) is 0.357. The van der Waals surface area contributed by atoms with E-state index in [1.165, 1.54) is 23.3 Å². The van der Waals surface area contributed by atoms with Gasteiger partial charge in [0.05, 0.1) is 18.4 Å². The van der Waals surface area contributed by atoms with Crippen molar-refractivity contribution in [3.05, 3.63) is 52.0 Å². The lowest BCUT2D eigenvalue weighted by Crippen LogP contribution is -2.32. The third kappa shape index (κ3) is 2.96. The number of hydrogen-bond acceptors (Lipinski definition) is 5. The number of carbonyl (C=O) groups is 1. The molecule has 0 unspecified atom stereocenters. The third-order valence-corrected chi connectivity index (χ3v) is 3.43. The minimum Gasteiger partial charge on any atom is -0.349 e. The van der Waals surface area contributed by atoms with E-state index < -0.39 is 0 Å². The fourth-order valence-electron chi connectivity index (χ4n) is 2.38. The molecule has 2 aromatic heterocycles. The van der Waals surface area contributed by atoms with E-state index in [0.29, 0.717) is 13.1 Å². The number of rotatable bonds is 4. The Balaban J connectivity index is 1.61. The van der Waals surface area contributed by atoms with Crippen LogP contribution in [0.15, 0.2) is 29.5 Å². The molecule has 1 aliphatic carbocycles. The summed E-state index contributed by atoms with van der Waals surface area (Å²) in [6, 6.07) is 1.65. The van der Waals surface area contributed by atoms with Gasteiger partial charge in [0.1, 0.15) is 5.69 Å². The molecule has 7 heteroatoms. The summed E-state index contributed by atoms with van der Waals surface area (Å²) in [4.78, 5) is 31.4. The second-order valence-electron chi connectivity index (χ2n) is 4.88. The minimum absolute atomic E-state index is 0.121. The van der Waals surface area contributed by atoms with Gasteiger partial charge in [0.25, 0.3) is 11.5 Å². The highest BCUT2D eigenvalue weighted by atomic mass is 16.2. The van der Waals surface area contributed by atoms with Crippen molar-refractivity contribution >= 4 is 5.91 Å². The minimum atomic E-state index is -0.308. The molecular formula is C14H15N5O2. The molecule has 0 aliphatic heterocycles. The van der Waals surface area contributed by atoms with Gasteiger partial charge in [-0.25, -0.2) is 9.67 Å². The first-order valence-corrected chi connectivity index (χ1v) is 6.88. The fourth-order valence-corrected chi connectivity index (χ4v) is 2.38. The Morgan fingerprint density at radius 1 is 1.33 bits per heavy atom. The molecule has 108 valence electrons. The van der Waals surface area contributed by atoms with Crippen LogP contribution in [0, 0.1) is 0 Å². The first-order valence-electron chi connectivity index (χ1n) is 6.88. The molecule has 0 saturated heterocycles. The SMILES string of the molecule is O=C(NCCn1nc2c(cc1=O)CCC2)c1cnccn1. The number of aryl methyl sites for hydroxylation is 2. The van der Waals surface area contributed by atoms with Gasteiger partial charge in [0.2, 0.25) is 0 Å². The number of aromatic nitrogens is 4. The van der Waals surface area contributed by atoms with Gasteiger partial charge in [0.15, 0.2) is 0 Å². The smallest absolute Gasteiger partial charge is 0.271 e. The summed E-state index contributed by atoms with van der Waals surface area (Å²) in [6.07, 6.45) is 7.26. The summed E-state index contributed by atoms with van der Waals surface area (Å²) in [5.74, 6) is -0.308. The average molecular weight is 285 g/mol. The number of carbonyl (C=O) groups excluding carboxylic acids is 1. The van der Waals surface area contributed by atoms with Crippen LogP contribution in [0.2, 0.25) is 0 Å². The second-order valence-corrected chi connectivity index (χ2v) is 4.88. The van der Waals surface area contributed by atoms with Crippen LogP contribution in [0.25, 0.3) is 0 Å². The van der Waals surface area contributed by atoms with Gasteiger partial charge in [-0.3, -0.25) is 14.6 Å². The quantitative estimate of drug-likeness (QED) is 0.850. The normalized spacial score (nSPS) is 13.0. The van der Waals surface area contributed by atoms with E-state index in [1.54, 1.807) is 6.07 Å². The summed E-state index contributed by atoms with van der Waals surface area (Å²) in [7, 11) is 0. The van der Waals surface area contributed by atoms with Gasteiger partial charge < -0.3 is 5.32 Å². The van der Waals surface area contributed by atoms with Crippen molar-refractivity contribution in [1.82, 2.24) is 25.1 Å². The summed E-state index contributed by atoms with van der Waals surface area (Å²) in [6.45, 7) is 0.666. The monoisotopic (exact) mass is 285 g/mol. The molecule has 7 nitrogen and oxygen atoms in total. The zero-order chi connectivity index (χ0) is 14.7. The molecule has 0 spiro atoms. The van der Waals surface area contributed by atoms with Crippen molar-refractivity contribution < 1.29 is 4.79 Å². The Kier molecular flexibility index (Phi) is 3.72. The molecule has 1 aliphatic rings. The van der Waals surface area contributed by atoms with Gasteiger partial charge in [0, 0.05) is 25.0 Å². The lowest BCUT2D eigenvalue weighted by Gasteiger charge is -2.08. The van der Waals surface area contributed by atoms with Crippen LogP contribution < -0.4 is 10.9 Å². The van der Waals surface area contributed by atoms with Gasteiger partial charge in [-0.15, -0.1) is 0 Å². The largest absolute Gasteiger partial charge is 0.349 e. The molecule has 2 aromatic rings. The highest BCUT2D eigenvalue weighted by Crippen LogP contribution is 2.16. The van der Waals surface area contributed by atoms with E-state index in [4.69, 9.17) is 0 Å². The maximum absolute atomic E-state index is 11.9. The molecule has 0 bridgehead atoms. The first-order chi connectivity index (χ1) is 10.2. The van der Waals surface area contributed by atoms with Crippen LogP contribution in [0.3, 0.4) is 0 Å². The average Bonchev–Trinajstić information content (AvgIpc) is 2.95. The zero-order valence-corrected chi connectivity index (χ0v) is 11.5. The van der Waals surface area contributed by atoms with E-state index in [2.05, 4.69) is 20.4 Å². The van der Waals surface area contributed by atoms with E-state index in [1.807, 2.05) is 0 Å². The Bertz CT molecular complexity index is 711. The molecule has 0 atom stereocenters. The molecule has 0 saturated carbocycles. The summed E-state index contributed by atoms with van der Waals surface area (Å²) in [5, 5.41) is 7.05. The van der Waals surface area contributed by atoms with Crippen LogP contribution in [-0.4, -0.2) is 32.2 Å². The van der Waals surface area contributed by atoms with Crippen molar-refractivity contribution in [3.63, 3.8) is 0 Å². The summed E-state index contributed by atoms with van der Waals surface area (Å²) >= 11 is 0. The maximum Gasteiger partial charge on any atom is 0.271 e. The lowest BCUT2D eigenvalue weighted by atomic mass is 10.2.